The molecule has 0 unspecified atom stereocenters. The molecule has 1 aromatic carbocycles. The third kappa shape index (κ3) is 4.90. The summed E-state index contributed by atoms with van der Waals surface area (Å²) in [6.07, 6.45) is 3.99. The van der Waals surface area contributed by atoms with Gasteiger partial charge in [0.25, 0.3) is 0 Å². The molecule has 0 saturated carbocycles. The predicted octanol–water partition coefficient (Wildman–Crippen LogP) is 4.06. The van der Waals surface area contributed by atoms with E-state index in [1.54, 1.807) is 23.5 Å². The van der Waals surface area contributed by atoms with E-state index in [1.165, 1.54) is 12.1 Å². The van der Waals surface area contributed by atoms with Crippen molar-refractivity contribution >= 4 is 23.2 Å². The van der Waals surface area contributed by atoms with Crippen molar-refractivity contribution in [2.24, 2.45) is 0 Å². The van der Waals surface area contributed by atoms with Crippen LogP contribution in [0.2, 0.25) is 0 Å². The number of carbonyl (C=O) groups is 1. The first kappa shape index (κ1) is 21.4. The average molecular weight is 440 g/mol. The largest absolute Gasteiger partial charge is 0.347 e. The van der Waals surface area contributed by atoms with E-state index in [4.69, 9.17) is 4.98 Å². The maximum atomic E-state index is 13.5. The molecule has 6 nitrogen and oxygen atoms in total. The maximum absolute atomic E-state index is 13.5. The second kappa shape index (κ2) is 9.09. The number of likely N-dealkylation sites (tertiary alicyclic amines) is 1. The summed E-state index contributed by atoms with van der Waals surface area (Å²) in [6, 6.07) is 6.41. The number of piperidine rings is 1. The molecule has 1 saturated heterocycles. The van der Waals surface area contributed by atoms with Crippen molar-refractivity contribution in [3.8, 4) is 11.1 Å². The Hall–Kier alpha value is -2.87. The van der Waals surface area contributed by atoms with Crippen LogP contribution >= 0.6 is 11.3 Å². The van der Waals surface area contributed by atoms with Crippen molar-refractivity contribution in [2.45, 2.75) is 32.1 Å². The van der Waals surface area contributed by atoms with Gasteiger partial charge in [-0.15, -0.1) is 11.3 Å². The number of halogens is 1. The zero-order chi connectivity index (χ0) is 22.0. The molecule has 4 rings (SSSR count). The van der Waals surface area contributed by atoms with Crippen LogP contribution in [0, 0.1) is 12.7 Å². The summed E-state index contributed by atoms with van der Waals surface area (Å²) in [5.41, 5.74) is 3.51. The number of benzene rings is 1. The molecule has 31 heavy (non-hydrogen) atoms. The van der Waals surface area contributed by atoms with Crippen molar-refractivity contribution in [3.63, 3.8) is 0 Å². The van der Waals surface area contributed by atoms with E-state index in [0.717, 1.165) is 46.9 Å². The van der Waals surface area contributed by atoms with Gasteiger partial charge < -0.3 is 9.80 Å². The zero-order valence-corrected chi connectivity index (χ0v) is 18.8. The Morgan fingerprint density at radius 2 is 2.03 bits per heavy atom. The van der Waals surface area contributed by atoms with Gasteiger partial charge in [-0.05, 0) is 37.5 Å². The van der Waals surface area contributed by atoms with Crippen molar-refractivity contribution in [1.82, 2.24) is 19.9 Å². The van der Waals surface area contributed by atoms with Gasteiger partial charge in [0.2, 0.25) is 11.9 Å². The quantitative estimate of drug-likeness (QED) is 0.600. The van der Waals surface area contributed by atoms with Crippen molar-refractivity contribution in [1.29, 1.82) is 0 Å². The summed E-state index contributed by atoms with van der Waals surface area (Å²) in [7, 11) is 3.81. The number of carbonyl (C=O) groups excluding carboxylic acids is 1. The standard InChI is InChI=1S/C23H26FN5OS/c1-15-26-19(14-31-15)11-21(30)29-10-4-5-17(13-29)22-20(12-25-23(27-22)28(2)3)16-6-8-18(24)9-7-16/h6-9,12,14,17H,4-5,10-11,13H2,1-3H3/t17-/m1/s1. The molecule has 1 atom stereocenters. The van der Waals surface area contributed by atoms with E-state index < -0.39 is 0 Å². The van der Waals surface area contributed by atoms with E-state index >= 15 is 0 Å². The molecule has 1 aliphatic rings. The second-order valence-electron chi connectivity index (χ2n) is 8.08. The molecule has 1 aliphatic heterocycles. The van der Waals surface area contributed by atoms with Gasteiger partial charge in [0.1, 0.15) is 5.82 Å². The highest BCUT2D eigenvalue weighted by molar-refractivity contribution is 7.09. The Morgan fingerprint density at radius 3 is 2.71 bits per heavy atom. The van der Waals surface area contributed by atoms with Crippen LogP contribution in [0.3, 0.4) is 0 Å². The normalized spacial score (nSPS) is 16.4. The van der Waals surface area contributed by atoms with E-state index in [-0.39, 0.29) is 17.6 Å². The van der Waals surface area contributed by atoms with Crippen LogP contribution in [-0.2, 0) is 11.2 Å². The zero-order valence-electron chi connectivity index (χ0n) is 18.0. The number of nitrogens with zero attached hydrogens (tertiary/aromatic N) is 5. The lowest BCUT2D eigenvalue weighted by Crippen LogP contribution is -2.40. The minimum absolute atomic E-state index is 0.0941. The second-order valence-corrected chi connectivity index (χ2v) is 9.15. The monoisotopic (exact) mass is 439 g/mol. The Labute approximate surface area is 185 Å². The topological polar surface area (TPSA) is 62.2 Å². The number of hydrogen-bond acceptors (Lipinski definition) is 6. The molecule has 162 valence electrons. The fraction of sp³-hybridized carbons (Fsp3) is 0.391. The molecular formula is C23H26FN5OS. The summed E-state index contributed by atoms with van der Waals surface area (Å²) in [5.74, 6) is 0.543. The van der Waals surface area contributed by atoms with Crippen molar-refractivity contribution in [2.75, 3.05) is 32.1 Å². The van der Waals surface area contributed by atoms with Gasteiger partial charge in [0.15, 0.2) is 0 Å². The average Bonchev–Trinajstić information content (AvgIpc) is 3.18. The smallest absolute Gasteiger partial charge is 0.228 e. The number of amides is 1. The Kier molecular flexibility index (Phi) is 6.27. The Bertz CT molecular complexity index is 1070. The van der Waals surface area contributed by atoms with Gasteiger partial charge in [-0.1, -0.05) is 12.1 Å². The number of rotatable bonds is 5. The minimum Gasteiger partial charge on any atom is -0.347 e. The summed E-state index contributed by atoms with van der Waals surface area (Å²) in [4.78, 5) is 30.5. The highest BCUT2D eigenvalue weighted by Gasteiger charge is 2.28. The Morgan fingerprint density at radius 1 is 1.26 bits per heavy atom. The first-order valence-corrected chi connectivity index (χ1v) is 11.3. The molecule has 0 aliphatic carbocycles. The van der Waals surface area contributed by atoms with Crippen molar-refractivity contribution < 1.29 is 9.18 Å². The lowest BCUT2D eigenvalue weighted by Gasteiger charge is -2.33. The maximum Gasteiger partial charge on any atom is 0.228 e. The molecule has 3 heterocycles. The SMILES string of the molecule is Cc1nc(CC(=O)N2CCC[C@@H](c3nc(N(C)C)ncc3-c3ccc(F)cc3)C2)cs1. The van der Waals surface area contributed by atoms with Crippen LogP contribution in [-0.4, -0.2) is 52.9 Å². The van der Waals surface area contributed by atoms with E-state index in [2.05, 4.69) is 9.97 Å². The van der Waals surface area contributed by atoms with Crippen LogP contribution in [0.25, 0.3) is 11.1 Å². The van der Waals surface area contributed by atoms with Crippen LogP contribution in [0.4, 0.5) is 10.3 Å². The first-order valence-electron chi connectivity index (χ1n) is 10.4. The third-order valence-electron chi connectivity index (χ3n) is 5.52. The molecule has 0 N–H and O–H groups in total. The fourth-order valence-electron chi connectivity index (χ4n) is 3.95. The highest BCUT2D eigenvalue weighted by atomic mass is 32.1. The van der Waals surface area contributed by atoms with Gasteiger partial charge >= 0.3 is 0 Å². The molecule has 1 amide bonds. The number of anilines is 1. The van der Waals surface area contributed by atoms with Gasteiger partial charge in [-0.2, -0.15) is 0 Å². The molecule has 8 heteroatoms. The van der Waals surface area contributed by atoms with Crippen LogP contribution in [0.1, 0.15) is 35.2 Å². The fourth-order valence-corrected chi connectivity index (χ4v) is 4.56. The highest BCUT2D eigenvalue weighted by Crippen LogP contribution is 2.34. The number of aryl methyl sites for hydroxylation is 1. The predicted molar refractivity (Wildman–Crippen MR) is 121 cm³/mol. The summed E-state index contributed by atoms with van der Waals surface area (Å²) < 4.78 is 13.5. The molecule has 0 spiro atoms. The molecule has 1 fully saturated rings. The van der Waals surface area contributed by atoms with Crippen LogP contribution in [0.5, 0.6) is 0 Å². The lowest BCUT2D eigenvalue weighted by atomic mass is 9.89. The van der Waals surface area contributed by atoms with Gasteiger partial charge in [0, 0.05) is 50.2 Å². The molecule has 0 radical (unpaired) electrons. The molecule has 3 aromatic rings. The summed E-state index contributed by atoms with van der Waals surface area (Å²) in [6.45, 7) is 3.31. The van der Waals surface area contributed by atoms with Gasteiger partial charge in [0.05, 0.1) is 22.8 Å². The molecule has 0 bridgehead atoms. The van der Waals surface area contributed by atoms with E-state index in [9.17, 15) is 9.18 Å². The van der Waals surface area contributed by atoms with Crippen molar-refractivity contribution in [3.05, 3.63) is 58.1 Å². The number of thiazole rings is 1. The molecular weight excluding hydrogens is 413 g/mol. The third-order valence-corrected chi connectivity index (χ3v) is 6.34. The van der Waals surface area contributed by atoms with Crippen LogP contribution < -0.4 is 4.90 Å². The van der Waals surface area contributed by atoms with Crippen LogP contribution in [0.15, 0.2) is 35.8 Å². The van der Waals surface area contributed by atoms with E-state index in [0.29, 0.717) is 18.9 Å². The summed E-state index contributed by atoms with van der Waals surface area (Å²) >= 11 is 1.57. The number of aromatic nitrogens is 3. The van der Waals surface area contributed by atoms with Gasteiger partial charge in [-0.25, -0.2) is 19.3 Å². The number of hydrogen-bond donors (Lipinski definition) is 0. The lowest BCUT2D eigenvalue weighted by molar-refractivity contribution is -0.131. The molecule has 2 aromatic heterocycles. The minimum atomic E-state index is -0.275. The Balaban J connectivity index is 1.61. The van der Waals surface area contributed by atoms with E-state index in [1.807, 2.05) is 42.4 Å². The van der Waals surface area contributed by atoms with Gasteiger partial charge in [-0.3, -0.25) is 4.79 Å². The first-order chi connectivity index (χ1) is 14.9. The summed E-state index contributed by atoms with van der Waals surface area (Å²) in [5, 5.41) is 2.93.